The first-order valence-electron chi connectivity index (χ1n) is 18.5. The molecule has 0 spiro atoms. The van der Waals surface area contributed by atoms with Gasteiger partial charge < -0.3 is 9.32 Å². The van der Waals surface area contributed by atoms with E-state index in [9.17, 15) is 0 Å². The summed E-state index contributed by atoms with van der Waals surface area (Å²) in [5.74, 6) is 0. The van der Waals surface area contributed by atoms with E-state index in [1.165, 1.54) is 65.3 Å². The molecule has 0 unspecified atom stereocenters. The maximum Gasteiger partial charge on any atom is 0.159 e. The number of para-hydroxylation sites is 2. The zero-order valence-corrected chi connectivity index (χ0v) is 29.4. The van der Waals surface area contributed by atoms with Gasteiger partial charge in [0.15, 0.2) is 5.58 Å². The fourth-order valence-corrected chi connectivity index (χ4v) is 8.41. The Morgan fingerprint density at radius 3 is 1.63 bits per heavy atom. The molecule has 252 valence electrons. The Bertz CT molecular complexity index is 3200. The van der Waals surface area contributed by atoms with E-state index in [1.54, 1.807) is 0 Å². The highest BCUT2D eigenvalue weighted by atomic mass is 16.3. The molecule has 0 radical (unpaired) electrons. The van der Waals surface area contributed by atoms with Crippen LogP contribution in [0.4, 0.5) is 17.1 Å². The van der Waals surface area contributed by atoms with Crippen LogP contribution < -0.4 is 4.90 Å². The number of hydrogen-bond donors (Lipinski definition) is 0. The van der Waals surface area contributed by atoms with Gasteiger partial charge in [0.05, 0.1) is 5.69 Å². The van der Waals surface area contributed by atoms with Crippen molar-refractivity contribution in [3.8, 4) is 22.3 Å². The molecule has 0 N–H and O–H groups in total. The molecule has 11 aromatic rings. The standard InChI is InChI=1S/C52H33NO/c1-3-12-42-35(9-1)11-7-15-43(42)37-21-28-41(29-22-37)53(50-17-8-16-49-48-14-5-6-18-51(48)54-52(49)50)40-26-19-34(20-27-40)38-24-30-45-39(33-38)25-32-46-44-13-4-2-10-36(44)23-31-47(45)46/h1-33H. The van der Waals surface area contributed by atoms with E-state index in [1.807, 2.05) is 12.1 Å². The maximum atomic E-state index is 6.60. The molecular weight excluding hydrogens is 655 g/mol. The second kappa shape index (κ2) is 12.2. The fourth-order valence-electron chi connectivity index (χ4n) is 8.41. The fraction of sp³-hybridized carbons (Fsp3) is 0. The van der Waals surface area contributed by atoms with Crippen LogP contribution in [0.25, 0.3) is 87.3 Å². The third kappa shape index (κ3) is 4.88. The van der Waals surface area contributed by atoms with Crippen molar-refractivity contribution in [2.75, 3.05) is 4.90 Å². The highest BCUT2D eigenvalue weighted by molar-refractivity contribution is 6.17. The molecule has 11 rings (SSSR count). The monoisotopic (exact) mass is 687 g/mol. The predicted molar refractivity (Wildman–Crippen MR) is 229 cm³/mol. The molecule has 0 saturated heterocycles. The first-order chi connectivity index (χ1) is 26.8. The van der Waals surface area contributed by atoms with Crippen LogP contribution >= 0.6 is 0 Å². The van der Waals surface area contributed by atoms with Crippen LogP contribution in [0.5, 0.6) is 0 Å². The Balaban J connectivity index is 1.02. The Morgan fingerprint density at radius 2 is 0.852 bits per heavy atom. The molecule has 1 aromatic heterocycles. The van der Waals surface area contributed by atoms with E-state index >= 15 is 0 Å². The van der Waals surface area contributed by atoms with Crippen molar-refractivity contribution in [3.05, 3.63) is 200 Å². The highest BCUT2D eigenvalue weighted by Crippen LogP contribution is 2.43. The molecule has 1 heterocycles. The topological polar surface area (TPSA) is 16.4 Å². The average Bonchev–Trinajstić information content (AvgIpc) is 3.63. The third-order valence-electron chi connectivity index (χ3n) is 11.1. The second-order valence-electron chi connectivity index (χ2n) is 14.1. The van der Waals surface area contributed by atoms with Crippen LogP contribution in [0, 0.1) is 0 Å². The Hall–Kier alpha value is -7.16. The lowest BCUT2D eigenvalue weighted by atomic mass is 9.95. The van der Waals surface area contributed by atoms with Crippen LogP contribution in [0.1, 0.15) is 0 Å². The predicted octanol–water partition coefficient (Wildman–Crippen LogP) is 15.0. The largest absolute Gasteiger partial charge is 0.454 e. The van der Waals surface area contributed by atoms with Crippen LogP contribution in [0.3, 0.4) is 0 Å². The molecule has 0 aliphatic carbocycles. The number of benzene rings is 10. The molecule has 0 aliphatic rings. The Kier molecular flexibility index (Phi) is 6.90. The van der Waals surface area contributed by atoms with Gasteiger partial charge in [0.25, 0.3) is 0 Å². The van der Waals surface area contributed by atoms with E-state index < -0.39 is 0 Å². The molecule has 0 aliphatic heterocycles. The molecule has 0 atom stereocenters. The lowest BCUT2D eigenvalue weighted by Crippen LogP contribution is -2.10. The minimum Gasteiger partial charge on any atom is -0.454 e. The van der Waals surface area contributed by atoms with Crippen molar-refractivity contribution in [3.63, 3.8) is 0 Å². The summed E-state index contributed by atoms with van der Waals surface area (Å²) in [5.41, 5.74) is 9.66. The lowest BCUT2D eigenvalue weighted by molar-refractivity contribution is 0.669. The summed E-state index contributed by atoms with van der Waals surface area (Å²) in [6.45, 7) is 0. The Morgan fingerprint density at radius 1 is 0.315 bits per heavy atom. The van der Waals surface area contributed by atoms with Crippen molar-refractivity contribution < 1.29 is 4.42 Å². The smallest absolute Gasteiger partial charge is 0.159 e. The van der Waals surface area contributed by atoms with Gasteiger partial charge in [0.1, 0.15) is 5.58 Å². The summed E-state index contributed by atoms with van der Waals surface area (Å²) in [5, 5.41) is 12.4. The molecule has 2 heteroatoms. The minimum absolute atomic E-state index is 0.871. The zero-order chi connectivity index (χ0) is 35.6. The molecule has 0 bridgehead atoms. The molecule has 10 aromatic carbocycles. The number of rotatable bonds is 5. The summed E-state index contributed by atoms with van der Waals surface area (Å²) < 4.78 is 6.60. The van der Waals surface area contributed by atoms with Gasteiger partial charge in [-0.1, -0.05) is 158 Å². The molecule has 2 nitrogen and oxygen atoms in total. The first kappa shape index (κ1) is 30.5. The van der Waals surface area contributed by atoms with Crippen LogP contribution in [0.15, 0.2) is 205 Å². The average molecular weight is 688 g/mol. The number of fused-ring (bicyclic) bond motifs is 9. The Labute approximate surface area is 312 Å². The minimum atomic E-state index is 0.871. The normalized spacial score (nSPS) is 11.7. The van der Waals surface area contributed by atoms with Gasteiger partial charge in [-0.25, -0.2) is 0 Å². The summed E-state index contributed by atoms with van der Waals surface area (Å²) >= 11 is 0. The van der Waals surface area contributed by atoms with Crippen molar-refractivity contribution in [2.24, 2.45) is 0 Å². The third-order valence-corrected chi connectivity index (χ3v) is 11.1. The zero-order valence-electron chi connectivity index (χ0n) is 29.4. The number of anilines is 3. The SMILES string of the molecule is c1ccc2c(-c3ccc(N(c4ccc(-c5ccc6c(ccc7c8ccccc8ccc67)c5)cc4)c4cccc5c4oc4ccccc45)cc3)cccc2c1. The van der Waals surface area contributed by atoms with Gasteiger partial charge in [0, 0.05) is 22.1 Å². The molecular formula is C52H33NO. The van der Waals surface area contributed by atoms with Gasteiger partial charge >= 0.3 is 0 Å². The molecule has 0 amide bonds. The second-order valence-corrected chi connectivity index (χ2v) is 14.1. The summed E-state index contributed by atoms with van der Waals surface area (Å²) in [6, 6.07) is 72.2. The van der Waals surface area contributed by atoms with E-state index in [-0.39, 0.29) is 0 Å². The van der Waals surface area contributed by atoms with Gasteiger partial charge in [-0.2, -0.15) is 0 Å². The van der Waals surface area contributed by atoms with E-state index in [4.69, 9.17) is 4.42 Å². The van der Waals surface area contributed by atoms with E-state index in [2.05, 4.69) is 193 Å². The number of nitrogens with zero attached hydrogens (tertiary/aromatic N) is 1. The summed E-state index contributed by atoms with van der Waals surface area (Å²) in [4.78, 5) is 2.32. The molecule has 54 heavy (non-hydrogen) atoms. The van der Waals surface area contributed by atoms with Gasteiger partial charge in [-0.05, 0) is 108 Å². The van der Waals surface area contributed by atoms with Crippen LogP contribution in [-0.4, -0.2) is 0 Å². The first-order valence-corrected chi connectivity index (χ1v) is 18.5. The quantitative estimate of drug-likeness (QED) is 0.168. The molecule has 0 fully saturated rings. The van der Waals surface area contributed by atoms with E-state index in [0.717, 1.165) is 39.0 Å². The van der Waals surface area contributed by atoms with Crippen molar-refractivity contribution in [1.82, 2.24) is 0 Å². The van der Waals surface area contributed by atoms with Crippen LogP contribution in [-0.2, 0) is 0 Å². The van der Waals surface area contributed by atoms with Crippen molar-refractivity contribution in [1.29, 1.82) is 0 Å². The maximum absolute atomic E-state index is 6.60. The van der Waals surface area contributed by atoms with Gasteiger partial charge in [-0.15, -0.1) is 0 Å². The van der Waals surface area contributed by atoms with Gasteiger partial charge in [-0.3, -0.25) is 0 Å². The lowest BCUT2D eigenvalue weighted by Gasteiger charge is -2.26. The number of furan rings is 1. The number of hydrogen-bond acceptors (Lipinski definition) is 2. The molecule has 0 saturated carbocycles. The van der Waals surface area contributed by atoms with Crippen molar-refractivity contribution >= 4 is 82.1 Å². The summed E-state index contributed by atoms with van der Waals surface area (Å²) in [6.07, 6.45) is 0. The van der Waals surface area contributed by atoms with Crippen LogP contribution in [0.2, 0.25) is 0 Å². The highest BCUT2D eigenvalue weighted by Gasteiger charge is 2.20. The van der Waals surface area contributed by atoms with Crippen molar-refractivity contribution in [2.45, 2.75) is 0 Å². The summed E-state index contributed by atoms with van der Waals surface area (Å²) in [7, 11) is 0. The van der Waals surface area contributed by atoms with Gasteiger partial charge in [0.2, 0.25) is 0 Å². The van der Waals surface area contributed by atoms with E-state index in [0.29, 0.717) is 0 Å².